The molecule has 0 saturated carbocycles. The normalized spacial score (nSPS) is 37.0. The maximum absolute atomic E-state index is 6.21. The second-order valence-corrected chi connectivity index (χ2v) is 10.1. The molecule has 1 aromatic carbocycles. The van der Waals surface area contributed by atoms with E-state index in [2.05, 4.69) is 38.1 Å². The molecule has 4 aliphatic rings. The van der Waals surface area contributed by atoms with Crippen LogP contribution < -0.4 is 0 Å². The van der Waals surface area contributed by atoms with Crippen molar-refractivity contribution in [3.63, 3.8) is 0 Å². The number of nitrogens with zero attached hydrogens (tertiary/aromatic N) is 1. The van der Waals surface area contributed by atoms with Gasteiger partial charge in [-0.1, -0.05) is 22.9 Å². The average Bonchev–Trinajstić information content (AvgIpc) is 3.33. The highest BCUT2D eigenvalue weighted by Gasteiger charge is 2.60. The van der Waals surface area contributed by atoms with E-state index in [0.717, 1.165) is 11.3 Å². The smallest absolute Gasteiger partial charge is 0.232 e. The molecular weight excluding hydrogens is 414 g/mol. The van der Waals surface area contributed by atoms with Crippen LogP contribution in [0.3, 0.4) is 0 Å². The van der Waals surface area contributed by atoms with Gasteiger partial charge in [-0.25, -0.2) is 0 Å². The van der Waals surface area contributed by atoms with Crippen molar-refractivity contribution in [1.29, 1.82) is 0 Å². The molecule has 6 atom stereocenters. The Bertz CT molecular complexity index is 904. The molecule has 176 valence electrons. The van der Waals surface area contributed by atoms with Crippen LogP contribution in [0.1, 0.15) is 56.4 Å². The minimum absolute atomic E-state index is 0.271. The van der Waals surface area contributed by atoms with Gasteiger partial charge in [-0.15, -0.1) is 0 Å². The summed E-state index contributed by atoms with van der Waals surface area (Å²) >= 11 is 0. The van der Waals surface area contributed by atoms with Gasteiger partial charge in [0.05, 0.1) is 18.7 Å². The van der Waals surface area contributed by atoms with Crippen molar-refractivity contribution in [1.82, 2.24) is 0 Å². The van der Waals surface area contributed by atoms with Crippen molar-refractivity contribution in [2.75, 3.05) is 6.61 Å². The molecule has 32 heavy (non-hydrogen) atoms. The monoisotopic (exact) mass is 447 g/mol. The molecular formula is C24H33NO7. The van der Waals surface area contributed by atoms with Crippen LogP contribution in [0, 0.1) is 20.8 Å². The molecule has 0 bridgehead atoms. The van der Waals surface area contributed by atoms with Gasteiger partial charge < -0.3 is 33.3 Å². The number of oxime groups is 1. The number of aryl methyl sites for hydroxylation is 3. The summed E-state index contributed by atoms with van der Waals surface area (Å²) in [5, 5.41) is 4.31. The quantitative estimate of drug-likeness (QED) is 0.699. The van der Waals surface area contributed by atoms with E-state index in [9.17, 15) is 0 Å². The molecule has 0 amide bonds. The summed E-state index contributed by atoms with van der Waals surface area (Å²) < 4.78 is 36.6. The van der Waals surface area contributed by atoms with Crippen LogP contribution in [0.4, 0.5) is 0 Å². The summed E-state index contributed by atoms with van der Waals surface area (Å²) in [6.45, 7) is 14.1. The Morgan fingerprint density at radius 1 is 0.906 bits per heavy atom. The van der Waals surface area contributed by atoms with E-state index < -0.39 is 24.2 Å². The third kappa shape index (κ3) is 4.08. The highest BCUT2D eigenvalue weighted by Crippen LogP contribution is 2.44. The molecule has 4 aliphatic heterocycles. The Morgan fingerprint density at radius 3 is 2.25 bits per heavy atom. The lowest BCUT2D eigenvalue weighted by atomic mass is 9.95. The Labute approximate surface area is 189 Å². The van der Waals surface area contributed by atoms with Crippen molar-refractivity contribution in [2.45, 2.75) is 103 Å². The predicted octanol–water partition coefficient (Wildman–Crippen LogP) is 3.48. The Balaban J connectivity index is 1.25. The Kier molecular flexibility index (Phi) is 5.39. The van der Waals surface area contributed by atoms with Crippen LogP contribution in [-0.2, 0) is 33.3 Å². The highest BCUT2D eigenvalue weighted by atomic mass is 16.9. The molecule has 0 aliphatic carbocycles. The summed E-state index contributed by atoms with van der Waals surface area (Å²) in [4.78, 5) is 5.61. The van der Waals surface area contributed by atoms with Gasteiger partial charge in [-0.2, -0.15) is 0 Å². The van der Waals surface area contributed by atoms with Gasteiger partial charge in [0.15, 0.2) is 17.9 Å². The zero-order chi connectivity index (χ0) is 22.8. The van der Waals surface area contributed by atoms with E-state index in [0.29, 0.717) is 6.42 Å². The van der Waals surface area contributed by atoms with Crippen LogP contribution in [0.25, 0.3) is 0 Å². The summed E-state index contributed by atoms with van der Waals surface area (Å²) in [7, 11) is 0. The topological polar surface area (TPSA) is 77.0 Å². The van der Waals surface area contributed by atoms with Crippen LogP contribution in [-0.4, -0.2) is 60.9 Å². The van der Waals surface area contributed by atoms with E-state index >= 15 is 0 Å². The largest absolute Gasteiger partial charge is 0.363 e. The number of hydrogen-bond acceptors (Lipinski definition) is 8. The maximum Gasteiger partial charge on any atom is 0.232 e. The van der Waals surface area contributed by atoms with Crippen molar-refractivity contribution in [3.8, 4) is 0 Å². The van der Waals surface area contributed by atoms with Gasteiger partial charge in [-0.3, -0.25) is 0 Å². The Hall–Kier alpha value is -1.55. The van der Waals surface area contributed by atoms with E-state index in [-0.39, 0.29) is 31.0 Å². The zero-order valence-corrected chi connectivity index (χ0v) is 19.8. The Morgan fingerprint density at radius 2 is 1.53 bits per heavy atom. The number of hydrogen-bond donors (Lipinski definition) is 0. The third-order valence-corrected chi connectivity index (χ3v) is 6.30. The molecule has 0 radical (unpaired) electrons. The van der Waals surface area contributed by atoms with Crippen molar-refractivity contribution < 1.29 is 33.3 Å². The van der Waals surface area contributed by atoms with Gasteiger partial charge in [0.1, 0.15) is 24.4 Å². The van der Waals surface area contributed by atoms with Crippen LogP contribution >= 0.6 is 0 Å². The zero-order valence-electron chi connectivity index (χ0n) is 19.8. The van der Waals surface area contributed by atoms with Crippen LogP contribution in [0.5, 0.6) is 0 Å². The number of benzene rings is 1. The van der Waals surface area contributed by atoms with E-state index in [1.165, 1.54) is 16.7 Å². The number of rotatable bonds is 4. The van der Waals surface area contributed by atoms with Crippen LogP contribution in [0.15, 0.2) is 17.3 Å². The van der Waals surface area contributed by atoms with Gasteiger partial charge in [0.2, 0.25) is 6.29 Å². The minimum atomic E-state index is -0.743. The molecule has 8 nitrogen and oxygen atoms in total. The van der Waals surface area contributed by atoms with Gasteiger partial charge in [0.25, 0.3) is 0 Å². The number of ether oxygens (including phenoxy) is 6. The first kappa shape index (κ1) is 22.3. The minimum Gasteiger partial charge on any atom is -0.363 e. The molecule has 0 spiro atoms. The lowest BCUT2D eigenvalue weighted by Crippen LogP contribution is -2.56. The molecule has 0 N–H and O–H groups in total. The van der Waals surface area contributed by atoms with Gasteiger partial charge in [-0.05, 0) is 59.6 Å². The molecule has 0 aromatic heterocycles. The first-order chi connectivity index (χ1) is 15.0. The summed E-state index contributed by atoms with van der Waals surface area (Å²) in [6.07, 6.45) is -1.79. The van der Waals surface area contributed by atoms with Crippen molar-refractivity contribution in [2.24, 2.45) is 5.16 Å². The molecule has 3 saturated heterocycles. The molecule has 0 unspecified atom stereocenters. The van der Waals surface area contributed by atoms with E-state index in [4.69, 9.17) is 33.3 Å². The summed E-state index contributed by atoms with van der Waals surface area (Å²) in [5.41, 5.74) is 5.65. The second-order valence-electron chi connectivity index (χ2n) is 10.1. The molecule has 4 heterocycles. The SMILES string of the molecule is Cc1cc(C)c(C2=NO[C@H](OC[C@H]3O[C@@H]4OC(C)(C)O[C@@H]4[C@H]4OC(C)(C)O[C@H]43)C2)c(C)c1. The van der Waals surface area contributed by atoms with Crippen molar-refractivity contribution >= 4 is 5.71 Å². The fourth-order valence-electron chi connectivity index (χ4n) is 5.26. The maximum atomic E-state index is 6.21. The van der Waals surface area contributed by atoms with Gasteiger partial charge >= 0.3 is 0 Å². The fraction of sp³-hybridized carbons (Fsp3) is 0.708. The average molecular weight is 448 g/mol. The molecule has 5 rings (SSSR count). The molecule has 1 aromatic rings. The number of fused-ring (bicyclic) bond motifs is 3. The second kappa shape index (κ2) is 7.75. The van der Waals surface area contributed by atoms with Crippen molar-refractivity contribution in [3.05, 3.63) is 34.4 Å². The fourth-order valence-corrected chi connectivity index (χ4v) is 5.26. The highest BCUT2D eigenvalue weighted by molar-refractivity contribution is 6.03. The first-order valence-electron chi connectivity index (χ1n) is 11.3. The predicted molar refractivity (Wildman–Crippen MR) is 115 cm³/mol. The van der Waals surface area contributed by atoms with E-state index in [1.807, 2.05) is 27.7 Å². The van der Waals surface area contributed by atoms with Gasteiger partial charge in [0, 0.05) is 5.56 Å². The lowest BCUT2D eigenvalue weighted by molar-refractivity contribution is -0.254. The molecule has 3 fully saturated rings. The lowest BCUT2D eigenvalue weighted by Gasteiger charge is -2.37. The standard InChI is InChI=1S/C24H33NO7/c1-12-8-13(2)18(14(3)9-12)15-10-17(32-25-15)26-11-16-19-20(29-23(4,5)28-19)21-22(27-16)31-24(6,7)30-21/h8-9,16-17,19-22H,10-11H2,1-7H3/t16-,17+,19+,20+,21-,22-/m1/s1. The molecule has 8 heteroatoms. The first-order valence-corrected chi connectivity index (χ1v) is 11.3. The van der Waals surface area contributed by atoms with Crippen LogP contribution in [0.2, 0.25) is 0 Å². The summed E-state index contributed by atoms with van der Waals surface area (Å²) in [6, 6.07) is 4.33. The third-order valence-electron chi connectivity index (χ3n) is 6.30. The summed E-state index contributed by atoms with van der Waals surface area (Å²) in [5.74, 6) is -1.48. The van der Waals surface area contributed by atoms with E-state index in [1.54, 1.807) is 0 Å².